The van der Waals surface area contributed by atoms with E-state index in [1.165, 1.54) is 4.90 Å². The number of amides is 2. The maximum Gasteiger partial charge on any atom is 0.266 e. The normalized spacial score (nSPS) is 22.7. The van der Waals surface area contributed by atoms with Crippen LogP contribution in [-0.2, 0) is 14.4 Å². The van der Waals surface area contributed by atoms with Crippen molar-refractivity contribution in [2.24, 2.45) is 5.92 Å². The first-order valence-corrected chi connectivity index (χ1v) is 10.4. The number of para-hydroxylation sites is 2. The summed E-state index contributed by atoms with van der Waals surface area (Å²) in [6, 6.07) is 25.7. The molecule has 3 aromatic carbocycles. The highest BCUT2D eigenvalue weighted by molar-refractivity contribution is 6.23. The van der Waals surface area contributed by atoms with E-state index in [1.54, 1.807) is 17.2 Å². The van der Waals surface area contributed by atoms with Crippen molar-refractivity contribution < 1.29 is 19.2 Å². The van der Waals surface area contributed by atoms with Crippen molar-refractivity contribution in [3.05, 3.63) is 90.5 Å². The fourth-order valence-corrected chi connectivity index (χ4v) is 4.31. The molecule has 156 valence electrons. The van der Waals surface area contributed by atoms with Gasteiger partial charge >= 0.3 is 0 Å². The van der Waals surface area contributed by atoms with Gasteiger partial charge in [0.1, 0.15) is 11.7 Å². The lowest BCUT2D eigenvalue weighted by molar-refractivity contribution is -0.126. The highest BCUT2D eigenvalue weighted by Crippen LogP contribution is 2.47. The second-order valence-electron chi connectivity index (χ2n) is 7.51. The largest absolute Gasteiger partial charge is 0.494 e. The fourth-order valence-electron chi connectivity index (χ4n) is 4.31. The molecule has 2 heterocycles. The minimum atomic E-state index is -0.871. The molecule has 3 aromatic rings. The number of imide groups is 1. The number of carbonyl (C=O) groups excluding carboxylic acids is 2. The van der Waals surface area contributed by atoms with Gasteiger partial charge in [0.2, 0.25) is 5.91 Å². The molecule has 2 aliphatic rings. The molecule has 3 unspecified atom stereocenters. The molecule has 0 spiro atoms. The standard InChI is InChI=1S/C25H22N2O4/c1-2-30-20-15-13-17(14-16-20)22-21-23(31-27(22)19-11-7-4-8-12-19)25(29)26(24(21)28)18-9-5-3-6-10-18/h3-16,21-23H,2H2,1H3. The molecule has 0 radical (unpaired) electrons. The van der Waals surface area contributed by atoms with Gasteiger partial charge in [0.15, 0.2) is 6.10 Å². The van der Waals surface area contributed by atoms with E-state index in [0.29, 0.717) is 12.3 Å². The van der Waals surface area contributed by atoms with Crippen LogP contribution >= 0.6 is 0 Å². The smallest absolute Gasteiger partial charge is 0.266 e. The predicted molar refractivity (Wildman–Crippen MR) is 117 cm³/mol. The van der Waals surface area contributed by atoms with Gasteiger partial charge in [-0.15, -0.1) is 0 Å². The van der Waals surface area contributed by atoms with Gasteiger partial charge in [-0.05, 0) is 48.9 Å². The molecule has 6 heteroatoms. The summed E-state index contributed by atoms with van der Waals surface area (Å²) in [5.41, 5.74) is 2.24. The zero-order valence-corrected chi connectivity index (χ0v) is 17.0. The first-order chi connectivity index (χ1) is 15.2. The third kappa shape index (κ3) is 3.25. The van der Waals surface area contributed by atoms with Gasteiger partial charge in [0.05, 0.1) is 24.0 Å². The Morgan fingerprint density at radius 3 is 2.03 bits per heavy atom. The summed E-state index contributed by atoms with van der Waals surface area (Å²) in [5.74, 6) is -0.479. The number of anilines is 2. The van der Waals surface area contributed by atoms with E-state index in [9.17, 15) is 9.59 Å². The predicted octanol–water partition coefficient (Wildman–Crippen LogP) is 4.14. The van der Waals surface area contributed by atoms with Crippen LogP contribution in [0.25, 0.3) is 0 Å². The van der Waals surface area contributed by atoms with Crippen molar-refractivity contribution in [1.82, 2.24) is 0 Å². The highest BCUT2D eigenvalue weighted by atomic mass is 16.7. The van der Waals surface area contributed by atoms with Crippen LogP contribution in [0.4, 0.5) is 11.4 Å². The number of ether oxygens (including phenoxy) is 1. The molecule has 31 heavy (non-hydrogen) atoms. The topological polar surface area (TPSA) is 59.1 Å². The van der Waals surface area contributed by atoms with Gasteiger partial charge in [0, 0.05) is 0 Å². The van der Waals surface area contributed by atoms with Crippen LogP contribution in [0.1, 0.15) is 18.5 Å². The van der Waals surface area contributed by atoms with Gasteiger partial charge < -0.3 is 4.74 Å². The zero-order chi connectivity index (χ0) is 21.4. The van der Waals surface area contributed by atoms with E-state index in [-0.39, 0.29) is 11.8 Å². The molecule has 6 nitrogen and oxygen atoms in total. The lowest BCUT2D eigenvalue weighted by Crippen LogP contribution is -2.37. The lowest BCUT2D eigenvalue weighted by atomic mass is 9.90. The Kier molecular flexibility index (Phi) is 4.92. The maximum absolute atomic E-state index is 13.5. The molecule has 2 fully saturated rings. The Morgan fingerprint density at radius 1 is 0.806 bits per heavy atom. The summed E-state index contributed by atoms with van der Waals surface area (Å²) in [6.07, 6.45) is -0.871. The Morgan fingerprint density at radius 2 is 1.42 bits per heavy atom. The zero-order valence-electron chi connectivity index (χ0n) is 17.0. The Bertz CT molecular complexity index is 1090. The van der Waals surface area contributed by atoms with Gasteiger partial charge in [-0.3, -0.25) is 14.4 Å². The molecule has 2 amide bonds. The second-order valence-corrected chi connectivity index (χ2v) is 7.51. The number of nitrogens with zero attached hydrogens (tertiary/aromatic N) is 2. The van der Waals surface area contributed by atoms with E-state index < -0.39 is 18.1 Å². The number of benzene rings is 3. The van der Waals surface area contributed by atoms with E-state index in [4.69, 9.17) is 9.57 Å². The molecule has 2 saturated heterocycles. The first-order valence-electron chi connectivity index (χ1n) is 10.4. The van der Waals surface area contributed by atoms with E-state index in [0.717, 1.165) is 17.0 Å². The van der Waals surface area contributed by atoms with Crippen molar-refractivity contribution >= 4 is 23.2 Å². The number of hydrogen-bond acceptors (Lipinski definition) is 5. The summed E-state index contributed by atoms with van der Waals surface area (Å²) < 4.78 is 5.56. The minimum absolute atomic E-state index is 0.251. The Balaban J connectivity index is 1.56. The second kappa shape index (κ2) is 7.89. The molecule has 0 aromatic heterocycles. The number of carbonyl (C=O) groups is 2. The molecule has 3 atom stereocenters. The third-order valence-corrected chi connectivity index (χ3v) is 5.67. The molecule has 5 rings (SSSR count). The SMILES string of the molecule is CCOc1ccc(C2C3C(=O)N(c4ccccc4)C(=O)C3ON2c2ccccc2)cc1. The average Bonchev–Trinajstić information content (AvgIpc) is 3.32. The molecule has 0 aliphatic carbocycles. The fraction of sp³-hybridized carbons (Fsp3) is 0.200. The number of rotatable bonds is 5. The summed E-state index contributed by atoms with van der Waals surface area (Å²) in [6.45, 7) is 2.51. The van der Waals surface area contributed by atoms with Crippen LogP contribution in [0.3, 0.4) is 0 Å². The Hall–Kier alpha value is -3.64. The number of hydroxylamine groups is 1. The lowest BCUT2D eigenvalue weighted by Gasteiger charge is -2.28. The molecular weight excluding hydrogens is 392 g/mol. The van der Waals surface area contributed by atoms with Crippen LogP contribution < -0.4 is 14.7 Å². The molecule has 2 aliphatic heterocycles. The van der Waals surface area contributed by atoms with E-state index >= 15 is 0 Å². The van der Waals surface area contributed by atoms with Gasteiger partial charge in [-0.25, -0.2) is 9.96 Å². The van der Waals surface area contributed by atoms with Crippen molar-refractivity contribution in [1.29, 1.82) is 0 Å². The van der Waals surface area contributed by atoms with Crippen molar-refractivity contribution in [2.75, 3.05) is 16.6 Å². The molecule has 0 bridgehead atoms. The summed E-state index contributed by atoms with van der Waals surface area (Å²) in [5, 5.41) is 1.70. The molecule has 0 N–H and O–H groups in total. The van der Waals surface area contributed by atoms with Crippen LogP contribution in [0.2, 0.25) is 0 Å². The summed E-state index contributed by atoms with van der Waals surface area (Å²) >= 11 is 0. The summed E-state index contributed by atoms with van der Waals surface area (Å²) in [4.78, 5) is 34.1. The molecular formula is C25H22N2O4. The number of hydrogen-bond donors (Lipinski definition) is 0. The minimum Gasteiger partial charge on any atom is -0.494 e. The van der Waals surface area contributed by atoms with Crippen LogP contribution in [0.5, 0.6) is 5.75 Å². The van der Waals surface area contributed by atoms with Crippen molar-refractivity contribution in [2.45, 2.75) is 19.1 Å². The monoisotopic (exact) mass is 414 g/mol. The average molecular weight is 414 g/mol. The quantitative estimate of drug-likeness (QED) is 0.588. The van der Waals surface area contributed by atoms with Crippen LogP contribution in [-0.4, -0.2) is 24.5 Å². The van der Waals surface area contributed by atoms with Crippen LogP contribution in [0, 0.1) is 5.92 Å². The van der Waals surface area contributed by atoms with Gasteiger partial charge in [-0.2, -0.15) is 0 Å². The van der Waals surface area contributed by atoms with Crippen LogP contribution in [0.15, 0.2) is 84.9 Å². The maximum atomic E-state index is 13.5. The van der Waals surface area contributed by atoms with Gasteiger partial charge in [0.25, 0.3) is 5.91 Å². The van der Waals surface area contributed by atoms with E-state index in [1.807, 2.05) is 79.7 Å². The highest BCUT2D eigenvalue weighted by Gasteiger charge is 2.60. The summed E-state index contributed by atoms with van der Waals surface area (Å²) in [7, 11) is 0. The van der Waals surface area contributed by atoms with Crippen molar-refractivity contribution in [3.8, 4) is 5.75 Å². The Labute approximate surface area is 180 Å². The third-order valence-electron chi connectivity index (χ3n) is 5.67. The van der Waals surface area contributed by atoms with Crippen molar-refractivity contribution in [3.63, 3.8) is 0 Å². The molecule has 0 saturated carbocycles. The van der Waals surface area contributed by atoms with E-state index in [2.05, 4.69) is 0 Å². The first kappa shape index (κ1) is 19.3. The number of fused-ring (bicyclic) bond motifs is 1. The van der Waals surface area contributed by atoms with Gasteiger partial charge in [-0.1, -0.05) is 48.5 Å².